The number of fused-ring (bicyclic) bond motifs is 1. The van der Waals surface area contributed by atoms with Gasteiger partial charge in [0, 0.05) is 16.6 Å². The van der Waals surface area contributed by atoms with Gasteiger partial charge in [0.25, 0.3) is 5.91 Å². The monoisotopic (exact) mass is 426 g/mol. The van der Waals surface area contributed by atoms with Crippen LogP contribution < -0.4 is 10.1 Å². The van der Waals surface area contributed by atoms with Crippen LogP contribution in [0.25, 0.3) is 22.2 Å². The first-order valence-corrected chi connectivity index (χ1v) is 9.33. The van der Waals surface area contributed by atoms with Crippen molar-refractivity contribution >= 4 is 22.5 Å². The first-order chi connectivity index (χ1) is 14.8. The lowest BCUT2D eigenvalue weighted by Gasteiger charge is -2.11. The summed E-state index contributed by atoms with van der Waals surface area (Å²) in [5.74, 6) is -0.256. The minimum atomic E-state index is -4.42. The summed E-state index contributed by atoms with van der Waals surface area (Å²) in [4.78, 5) is 16.8. The molecule has 158 valence electrons. The number of carbonyl (C=O) groups is 1. The Morgan fingerprint density at radius 2 is 1.87 bits per heavy atom. The molecule has 0 atom stereocenters. The Balaban J connectivity index is 1.42. The number of pyridine rings is 1. The molecule has 0 aliphatic rings. The highest BCUT2D eigenvalue weighted by atomic mass is 19.4. The molecule has 8 heteroatoms. The van der Waals surface area contributed by atoms with Gasteiger partial charge in [-0.2, -0.15) is 13.2 Å². The van der Waals surface area contributed by atoms with Gasteiger partial charge in [-0.25, -0.2) is 4.98 Å². The molecule has 0 saturated carbocycles. The van der Waals surface area contributed by atoms with Gasteiger partial charge in [0.1, 0.15) is 5.75 Å². The van der Waals surface area contributed by atoms with Crippen molar-refractivity contribution in [2.24, 2.45) is 0 Å². The van der Waals surface area contributed by atoms with Crippen molar-refractivity contribution < 1.29 is 27.1 Å². The van der Waals surface area contributed by atoms with Crippen LogP contribution in [0.3, 0.4) is 0 Å². The number of nitrogens with one attached hydrogen (secondary N) is 1. The fraction of sp³-hybridized carbons (Fsp3) is 0.130. The highest BCUT2D eigenvalue weighted by Gasteiger charge is 2.30. The van der Waals surface area contributed by atoms with E-state index in [1.165, 1.54) is 12.1 Å². The molecule has 4 aromatic rings. The Morgan fingerprint density at radius 1 is 1.10 bits per heavy atom. The van der Waals surface area contributed by atoms with E-state index in [-0.39, 0.29) is 12.4 Å². The maximum atomic E-state index is 12.6. The molecule has 4 rings (SSSR count). The summed E-state index contributed by atoms with van der Waals surface area (Å²) in [7, 11) is 0. The van der Waals surface area contributed by atoms with Crippen LogP contribution in [0.15, 0.2) is 71.5 Å². The van der Waals surface area contributed by atoms with E-state index in [1.807, 2.05) is 25.1 Å². The van der Waals surface area contributed by atoms with Crippen molar-refractivity contribution in [2.75, 3.05) is 11.9 Å². The molecule has 0 bridgehead atoms. The topological polar surface area (TPSA) is 64.4 Å². The number of alkyl halides is 3. The third-order valence-electron chi connectivity index (χ3n) is 4.67. The largest absolute Gasteiger partial charge is 0.484 e. The number of aromatic nitrogens is 1. The summed E-state index contributed by atoms with van der Waals surface area (Å²) in [6.45, 7) is 1.62. The van der Waals surface area contributed by atoms with Gasteiger partial charge in [0.05, 0.1) is 29.3 Å². The fourth-order valence-corrected chi connectivity index (χ4v) is 3.12. The van der Waals surface area contributed by atoms with E-state index in [0.29, 0.717) is 5.69 Å². The van der Waals surface area contributed by atoms with Crippen LogP contribution in [0, 0.1) is 6.92 Å². The second-order valence-corrected chi connectivity index (χ2v) is 6.93. The van der Waals surface area contributed by atoms with Crippen molar-refractivity contribution in [3.8, 4) is 17.0 Å². The average Bonchev–Trinajstić information content (AvgIpc) is 3.27. The van der Waals surface area contributed by atoms with E-state index >= 15 is 0 Å². The molecule has 5 nitrogen and oxygen atoms in total. The van der Waals surface area contributed by atoms with E-state index in [9.17, 15) is 18.0 Å². The second kappa shape index (κ2) is 8.14. The Bertz CT molecular complexity index is 1220. The van der Waals surface area contributed by atoms with E-state index < -0.39 is 17.6 Å². The van der Waals surface area contributed by atoms with Crippen LogP contribution in [-0.4, -0.2) is 17.5 Å². The summed E-state index contributed by atoms with van der Waals surface area (Å²) in [6, 6.07) is 13.3. The lowest BCUT2D eigenvalue weighted by atomic mass is 10.1. The quantitative estimate of drug-likeness (QED) is 0.436. The summed E-state index contributed by atoms with van der Waals surface area (Å²) < 4.78 is 48.2. The van der Waals surface area contributed by atoms with Crippen molar-refractivity contribution in [3.05, 3.63) is 78.3 Å². The van der Waals surface area contributed by atoms with E-state index in [4.69, 9.17) is 9.15 Å². The van der Waals surface area contributed by atoms with E-state index in [2.05, 4.69) is 10.3 Å². The number of anilines is 1. The van der Waals surface area contributed by atoms with Gasteiger partial charge in [0.15, 0.2) is 6.61 Å². The number of ether oxygens (including phenoxy) is 1. The van der Waals surface area contributed by atoms with Gasteiger partial charge in [-0.3, -0.25) is 4.79 Å². The van der Waals surface area contributed by atoms with Crippen LogP contribution >= 0.6 is 0 Å². The predicted molar refractivity (Wildman–Crippen MR) is 110 cm³/mol. The van der Waals surface area contributed by atoms with Crippen LogP contribution in [-0.2, 0) is 11.0 Å². The molecule has 0 saturated heterocycles. The third-order valence-corrected chi connectivity index (χ3v) is 4.67. The summed E-state index contributed by atoms with van der Waals surface area (Å²) in [5, 5.41) is 3.61. The zero-order chi connectivity index (χ0) is 22.0. The lowest BCUT2D eigenvalue weighted by molar-refractivity contribution is -0.137. The molecule has 2 aromatic heterocycles. The normalized spacial score (nSPS) is 11.5. The number of furan rings is 1. The smallest absolute Gasteiger partial charge is 0.416 e. The molecule has 0 unspecified atom stereocenters. The van der Waals surface area contributed by atoms with Crippen molar-refractivity contribution in [1.29, 1.82) is 0 Å². The second-order valence-electron chi connectivity index (χ2n) is 6.93. The molecule has 0 fully saturated rings. The standard InChI is InChI=1S/C23H17F3N2O3/c1-14-10-21(15-8-9-30-12-15)28-20-7-4-17(11-19(14)20)27-22(29)13-31-18-5-2-16(3-6-18)23(24,25)26/h2-12H,13H2,1H3,(H,27,29). The number of amides is 1. The number of halogens is 3. The number of carbonyl (C=O) groups excluding carboxylic acids is 1. The van der Waals surface area contributed by atoms with E-state index in [1.54, 1.807) is 24.7 Å². The Morgan fingerprint density at radius 3 is 2.55 bits per heavy atom. The summed E-state index contributed by atoms with van der Waals surface area (Å²) >= 11 is 0. The van der Waals surface area contributed by atoms with Gasteiger partial charge < -0.3 is 14.5 Å². The Kier molecular flexibility index (Phi) is 5.37. The number of benzene rings is 2. The Hall–Kier alpha value is -3.81. The van der Waals surface area contributed by atoms with E-state index in [0.717, 1.165) is 39.9 Å². The predicted octanol–water partition coefficient (Wildman–Crippen LogP) is 5.84. The number of rotatable bonds is 5. The molecule has 0 aliphatic heterocycles. The highest BCUT2D eigenvalue weighted by molar-refractivity contribution is 5.95. The first kappa shape index (κ1) is 20.5. The molecule has 0 spiro atoms. The first-order valence-electron chi connectivity index (χ1n) is 9.33. The van der Waals surface area contributed by atoms with Crippen LogP contribution in [0.2, 0.25) is 0 Å². The molecule has 2 heterocycles. The zero-order valence-corrected chi connectivity index (χ0v) is 16.4. The molecule has 31 heavy (non-hydrogen) atoms. The molecular weight excluding hydrogens is 409 g/mol. The number of aryl methyl sites for hydroxylation is 1. The van der Waals surface area contributed by atoms with Crippen LogP contribution in [0.4, 0.5) is 18.9 Å². The van der Waals surface area contributed by atoms with Crippen molar-refractivity contribution in [2.45, 2.75) is 13.1 Å². The SMILES string of the molecule is Cc1cc(-c2ccoc2)nc2ccc(NC(=O)COc3ccc(C(F)(F)F)cc3)cc12. The maximum Gasteiger partial charge on any atom is 0.416 e. The minimum Gasteiger partial charge on any atom is -0.484 e. The average molecular weight is 426 g/mol. The van der Waals surface area contributed by atoms with Gasteiger partial charge >= 0.3 is 6.18 Å². The highest BCUT2D eigenvalue weighted by Crippen LogP contribution is 2.30. The lowest BCUT2D eigenvalue weighted by Crippen LogP contribution is -2.20. The molecule has 0 radical (unpaired) electrons. The summed E-state index contributed by atoms with van der Waals surface area (Å²) in [6.07, 6.45) is -1.21. The number of hydrogen-bond acceptors (Lipinski definition) is 4. The van der Waals surface area contributed by atoms with Crippen LogP contribution in [0.5, 0.6) is 5.75 Å². The molecule has 0 aliphatic carbocycles. The molecule has 2 aromatic carbocycles. The van der Waals surface area contributed by atoms with Gasteiger partial charge in [0.2, 0.25) is 0 Å². The number of hydrogen-bond donors (Lipinski definition) is 1. The van der Waals surface area contributed by atoms with Crippen molar-refractivity contribution in [1.82, 2.24) is 4.98 Å². The van der Waals surface area contributed by atoms with Gasteiger partial charge in [-0.1, -0.05) is 0 Å². The fourth-order valence-electron chi connectivity index (χ4n) is 3.12. The van der Waals surface area contributed by atoms with Gasteiger partial charge in [-0.15, -0.1) is 0 Å². The minimum absolute atomic E-state index is 0.175. The Labute approximate surface area is 175 Å². The zero-order valence-electron chi connectivity index (χ0n) is 16.4. The van der Waals surface area contributed by atoms with Crippen LogP contribution in [0.1, 0.15) is 11.1 Å². The number of nitrogens with zero attached hydrogens (tertiary/aromatic N) is 1. The third kappa shape index (κ3) is 4.69. The van der Waals surface area contributed by atoms with Gasteiger partial charge in [-0.05, 0) is 67.1 Å². The maximum absolute atomic E-state index is 12.6. The molecule has 1 amide bonds. The molecular formula is C23H17F3N2O3. The van der Waals surface area contributed by atoms with Crippen molar-refractivity contribution in [3.63, 3.8) is 0 Å². The molecule has 1 N–H and O–H groups in total. The summed E-state index contributed by atoms with van der Waals surface area (Å²) in [5.41, 5.74) is 3.21.